The summed E-state index contributed by atoms with van der Waals surface area (Å²) in [6, 6.07) is 10.9. The molecule has 1 aromatic carbocycles. The zero-order valence-electron chi connectivity index (χ0n) is 10.2. The number of benzene rings is 1. The van der Waals surface area contributed by atoms with E-state index >= 15 is 0 Å². The highest BCUT2D eigenvalue weighted by Crippen LogP contribution is 2.36. The lowest BCUT2D eigenvalue weighted by molar-refractivity contribution is 0.218. The summed E-state index contributed by atoms with van der Waals surface area (Å²) in [5.41, 5.74) is 1.49. The predicted molar refractivity (Wildman–Crippen MR) is 70.3 cm³/mol. The number of allylic oxidation sites excluding steroid dienone is 1. The topological polar surface area (TPSA) is 0 Å². The summed E-state index contributed by atoms with van der Waals surface area (Å²) >= 11 is 0. The fourth-order valence-corrected chi connectivity index (χ4v) is 2.87. The van der Waals surface area contributed by atoms with Crippen molar-refractivity contribution in [3.63, 3.8) is 0 Å². The minimum absolute atomic E-state index is 0.755. The summed E-state index contributed by atoms with van der Waals surface area (Å²) in [5, 5.41) is 0. The van der Waals surface area contributed by atoms with Crippen molar-refractivity contribution >= 4 is 0 Å². The average Bonchev–Trinajstić information content (AvgIpc) is 2.33. The van der Waals surface area contributed by atoms with Gasteiger partial charge in [0.2, 0.25) is 0 Å². The fraction of sp³-hybridized carbons (Fsp3) is 0.500. The maximum Gasteiger partial charge on any atom is -0.0233 e. The van der Waals surface area contributed by atoms with Crippen LogP contribution in [0.5, 0.6) is 0 Å². The van der Waals surface area contributed by atoms with Crippen LogP contribution < -0.4 is 0 Å². The Bertz CT molecular complexity index is 325. The molecule has 0 N–H and O–H groups in total. The molecule has 0 nitrogen and oxygen atoms in total. The third-order valence-corrected chi connectivity index (χ3v) is 4.08. The Labute approximate surface area is 99.4 Å². The lowest BCUT2D eigenvalue weighted by Gasteiger charge is -2.33. The number of rotatable bonds is 3. The molecule has 3 atom stereocenters. The first-order valence-corrected chi connectivity index (χ1v) is 6.46. The molecule has 0 spiro atoms. The lowest BCUT2D eigenvalue weighted by atomic mass is 9.72. The van der Waals surface area contributed by atoms with Crippen molar-refractivity contribution in [1.82, 2.24) is 0 Å². The average molecular weight is 214 g/mol. The van der Waals surface area contributed by atoms with E-state index in [1.807, 2.05) is 0 Å². The predicted octanol–water partition coefficient (Wildman–Crippen LogP) is 4.47. The van der Waals surface area contributed by atoms with E-state index < -0.39 is 0 Å². The van der Waals surface area contributed by atoms with Gasteiger partial charge in [-0.15, -0.1) is 6.58 Å². The highest BCUT2D eigenvalue weighted by Gasteiger charge is 2.26. The number of hydrogen-bond acceptors (Lipinski definition) is 0. The van der Waals surface area contributed by atoms with E-state index in [1.54, 1.807) is 0 Å². The van der Waals surface area contributed by atoms with Gasteiger partial charge in [-0.2, -0.15) is 0 Å². The summed E-state index contributed by atoms with van der Waals surface area (Å²) in [6.07, 6.45) is 7.44. The number of hydrogen-bond donors (Lipinski definition) is 0. The molecule has 0 heteroatoms. The SMILES string of the molecule is C=CC1CCC(C)C(Cc2ccccc2)C1. The van der Waals surface area contributed by atoms with E-state index in [4.69, 9.17) is 0 Å². The molecule has 86 valence electrons. The van der Waals surface area contributed by atoms with Gasteiger partial charge in [-0.1, -0.05) is 43.3 Å². The van der Waals surface area contributed by atoms with Crippen LogP contribution in [0.3, 0.4) is 0 Å². The fourth-order valence-electron chi connectivity index (χ4n) is 2.87. The van der Waals surface area contributed by atoms with Crippen LogP contribution in [0.15, 0.2) is 43.0 Å². The first-order chi connectivity index (χ1) is 7.79. The third-order valence-electron chi connectivity index (χ3n) is 4.08. The van der Waals surface area contributed by atoms with Crippen LogP contribution in [0.1, 0.15) is 31.7 Å². The molecule has 0 bridgehead atoms. The standard InChI is InChI=1S/C16H22/c1-3-14-10-9-13(2)16(11-14)12-15-7-5-4-6-8-15/h3-8,13-14,16H,1,9-12H2,2H3. The Kier molecular flexibility index (Phi) is 3.82. The van der Waals surface area contributed by atoms with Crippen molar-refractivity contribution in [3.8, 4) is 0 Å². The van der Waals surface area contributed by atoms with Crippen LogP contribution in [-0.4, -0.2) is 0 Å². The lowest BCUT2D eigenvalue weighted by Crippen LogP contribution is -2.23. The van der Waals surface area contributed by atoms with Gasteiger partial charge in [-0.25, -0.2) is 0 Å². The Morgan fingerprint density at radius 2 is 2.00 bits per heavy atom. The summed E-state index contributed by atoms with van der Waals surface area (Å²) in [4.78, 5) is 0. The Hall–Kier alpha value is -1.04. The molecule has 0 heterocycles. The Balaban J connectivity index is 1.99. The van der Waals surface area contributed by atoms with Crippen LogP contribution in [0.25, 0.3) is 0 Å². The van der Waals surface area contributed by atoms with Crippen molar-refractivity contribution < 1.29 is 0 Å². The quantitative estimate of drug-likeness (QED) is 0.651. The minimum atomic E-state index is 0.755. The van der Waals surface area contributed by atoms with Crippen LogP contribution in [0.4, 0.5) is 0 Å². The molecular weight excluding hydrogens is 192 g/mol. The van der Waals surface area contributed by atoms with Gasteiger partial charge in [0.1, 0.15) is 0 Å². The van der Waals surface area contributed by atoms with Crippen molar-refractivity contribution in [2.24, 2.45) is 17.8 Å². The summed E-state index contributed by atoms with van der Waals surface area (Å²) in [7, 11) is 0. The van der Waals surface area contributed by atoms with Gasteiger partial charge in [0.15, 0.2) is 0 Å². The zero-order valence-corrected chi connectivity index (χ0v) is 10.2. The second-order valence-electron chi connectivity index (χ2n) is 5.24. The normalized spacial score (nSPS) is 29.9. The molecular formula is C16H22. The molecule has 0 saturated heterocycles. The van der Waals surface area contributed by atoms with E-state index in [2.05, 4.69) is 49.9 Å². The molecule has 1 saturated carbocycles. The first-order valence-electron chi connectivity index (χ1n) is 6.46. The molecule has 0 radical (unpaired) electrons. The Morgan fingerprint density at radius 1 is 1.25 bits per heavy atom. The maximum atomic E-state index is 3.95. The van der Waals surface area contributed by atoms with Crippen molar-refractivity contribution in [1.29, 1.82) is 0 Å². The minimum Gasteiger partial charge on any atom is -0.103 e. The van der Waals surface area contributed by atoms with Crippen molar-refractivity contribution in [2.45, 2.75) is 32.6 Å². The monoisotopic (exact) mass is 214 g/mol. The van der Waals surface area contributed by atoms with Crippen LogP contribution in [-0.2, 0) is 6.42 Å². The van der Waals surface area contributed by atoms with Gasteiger partial charge in [-0.05, 0) is 49.0 Å². The van der Waals surface area contributed by atoms with E-state index in [-0.39, 0.29) is 0 Å². The van der Waals surface area contributed by atoms with E-state index in [9.17, 15) is 0 Å². The smallest absolute Gasteiger partial charge is 0.0233 e. The second-order valence-corrected chi connectivity index (χ2v) is 5.24. The molecule has 0 amide bonds. The third kappa shape index (κ3) is 2.75. The van der Waals surface area contributed by atoms with Crippen LogP contribution in [0, 0.1) is 17.8 Å². The van der Waals surface area contributed by atoms with Gasteiger partial charge in [-0.3, -0.25) is 0 Å². The van der Waals surface area contributed by atoms with Gasteiger partial charge in [0.05, 0.1) is 0 Å². The molecule has 3 unspecified atom stereocenters. The van der Waals surface area contributed by atoms with Crippen molar-refractivity contribution in [2.75, 3.05) is 0 Å². The second kappa shape index (κ2) is 5.34. The zero-order chi connectivity index (χ0) is 11.4. The van der Waals surface area contributed by atoms with E-state index in [0.717, 1.165) is 17.8 Å². The molecule has 0 aromatic heterocycles. The van der Waals surface area contributed by atoms with Gasteiger partial charge in [0, 0.05) is 0 Å². The van der Waals surface area contributed by atoms with Crippen LogP contribution >= 0.6 is 0 Å². The van der Waals surface area contributed by atoms with Crippen LogP contribution in [0.2, 0.25) is 0 Å². The summed E-state index contributed by atoms with van der Waals surface area (Å²) in [5.74, 6) is 2.47. The van der Waals surface area contributed by atoms with E-state index in [1.165, 1.54) is 31.2 Å². The molecule has 0 aliphatic heterocycles. The molecule has 1 aromatic rings. The highest BCUT2D eigenvalue weighted by atomic mass is 14.3. The maximum absolute atomic E-state index is 3.95. The highest BCUT2D eigenvalue weighted by molar-refractivity contribution is 5.15. The summed E-state index contributed by atoms with van der Waals surface area (Å²) in [6.45, 7) is 6.36. The molecule has 1 aliphatic carbocycles. The summed E-state index contributed by atoms with van der Waals surface area (Å²) < 4.78 is 0. The van der Waals surface area contributed by atoms with Gasteiger partial charge < -0.3 is 0 Å². The van der Waals surface area contributed by atoms with Crippen molar-refractivity contribution in [3.05, 3.63) is 48.6 Å². The largest absolute Gasteiger partial charge is 0.103 e. The van der Waals surface area contributed by atoms with E-state index in [0.29, 0.717) is 0 Å². The molecule has 16 heavy (non-hydrogen) atoms. The van der Waals surface area contributed by atoms with Gasteiger partial charge in [0.25, 0.3) is 0 Å². The molecule has 2 rings (SSSR count). The molecule has 1 aliphatic rings. The molecule has 1 fully saturated rings. The Morgan fingerprint density at radius 3 is 2.69 bits per heavy atom. The first kappa shape index (κ1) is 11.4. The van der Waals surface area contributed by atoms with Gasteiger partial charge >= 0.3 is 0 Å².